The van der Waals surface area contributed by atoms with Gasteiger partial charge in [-0.3, -0.25) is 4.90 Å². The normalized spacial score (nSPS) is 45.9. The van der Waals surface area contributed by atoms with Crippen molar-refractivity contribution in [2.45, 2.75) is 142 Å². The van der Waals surface area contributed by atoms with E-state index in [4.69, 9.17) is 0 Å². The van der Waals surface area contributed by atoms with Gasteiger partial charge in [-0.2, -0.15) is 0 Å². The summed E-state index contributed by atoms with van der Waals surface area (Å²) in [5.41, 5.74) is 0. The van der Waals surface area contributed by atoms with Gasteiger partial charge in [0.15, 0.2) is 0 Å². The molecule has 0 amide bonds. The van der Waals surface area contributed by atoms with Gasteiger partial charge in [0.2, 0.25) is 0 Å². The quantitative estimate of drug-likeness (QED) is 0.475. The van der Waals surface area contributed by atoms with E-state index in [1.807, 2.05) is 0 Å². The van der Waals surface area contributed by atoms with E-state index in [1.165, 1.54) is 77.0 Å². The molecule has 0 saturated heterocycles. The first kappa shape index (κ1) is 21.2. The summed E-state index contributed by atoms with van der Waals surface area (Å²) in [6.07, 6.45) is 24.2. The average Bonchev–Trinajstić information content (AvgIpc) is 2.72. The zero-order chi connectivity index (χ0) is 19.5. The maximum atomic E-state index is 3.16. The SMILES string of the molecule is CC1CCC(C2CCC(N(C3CCC(C)CC3)C3CCC(C)CC3)CC2)CC1. The first-order chi connectivity index (χ1) is 13.6. The van der Waals surface area contributed by atoms with Crippen LogP contribution in [0.15, 0.2) is 0 Å². The topological polar surface area (TPSA) is 3.24 Å². The fourth-order valence-electron chi connectivity index (χ4n) is 7.60. The molecule has 162 valence electrons. The van der Waals surface area contributed by atoms with Crippen molar-refractivity contribution in [3.63, 3.8) is 0 Å². The maximum Gasteiger partial charge on any atom is 0.0101 e. The summed E-state index contributed by atoms with van der Waals surface area (Å²) < 4.78 is 0. The molecule has 4 aliphatic carbocycles. The van der Waals surface area contributed by atoms with Crippen LogP contribution >= 0.6 is 0 Å². The number of hydrogen-bond acceptors (Lipinski definition) is 1. The molecule has 0 atom stereocenters. The lowest BCUT2D eigenvalue weighted by molar-refractivity contribution is -0.000362. The molecule has 0 N–H and O–H groups in total. The zero-order valence-corrected chi connectivity index (χ0v) is 19.4. The molecule has 0 bridgehead atoms. The van der Waals surface area contributed by atoms with Gasteiger partial charge in [0.25, 0.3) is 0 Å². The Morgan fingerprint density at radius 3 is 0.964 bits per heavy atom. The molecule has 4 aliphatic rings. The van der Waals surface area contributed by atoms with E-state index in [0.29, 0.717) is 0 Å². The minimum absolute atomic E-state index is 0.923. The Hall–Kier alpha value is -0.0400. The van der Waals surface area contributed by atoms with Crippen LogP contribution < -0.4 is 0 Å². The van der Waals surface area contributed by atoms with Crippen LogP contribution in [0.1, 0.15) is 124 Å². The second kappa shape index (κ2) is 9.84. The summed E-state index contributed by atoms with van der Waals surface area (Å²) in [7, 11) is 0. The molecular formula is C27H49N. The van der Waals surface area contributed by atoms with Gasteiger partial charge < -0.3 is 0 Å². The fraction of sp³-hybridized carbons (Fsp3) is 1.00. The van der Waals surface area contributed by atoms with Crippen LogP contribution in [0.4, 0.5) is 0 Å². The highest BCUT2D eigenvalue weighted by molar-refractivity contribution is 4.93. The van der Waals surface area contributed by atoms with Gasteiger partial charge in [-0.1, -0.05) is 33.6 Å². The lowest BCUT2D eigenvalue weighted by atomic mass is 9.70. The van der Waals surface area contributed by atoms with Crippen LogP contribution in [-0.4, -0.2) is 23.0 Å². The van der Waals surface area contributed by atoms with Crippen molar-refractivity contribution < 1.29 is 0 Å². The highest BCUT2D eigenvalue weighted by atomic mass is 15.2. The standard InChI is InChI=1S/C27H49N/c1-20-4-10-23(11-5-20)24-12-18-27(19-13-24)28(25-14-6-21(2)7-15-25)26-16-8-22(3)9-17-26/h20-27H,4-19H2,1-3H3. The van der Waals surface area contributed by atoms with E-state index in [1.54, 1.807) is 25.7 Å². The van der Waals surface area contributed by atoms with E-state index in [2.05, 4.69) is 25.7 Å². The lowest BCUT2D eigenvalue weighted by Gasteiger charge is -2.50. The van der Waals surface area contributed by atoms with Gasteiger partial charge in [0.1, 0.15) is 0 Å². The summed E-state index contributed by atoms with van der Waals surface area (Å²) in [6.45, 7) is 7.44. The molecule has 0 radical (unpaired) electrons. The molecule has 1 nitrogen and oxygen atoms in total. The molecule has 1 heteroatoms. The van der Waals surface area contributed by atoms with E-state index in [-0.39, 0.29) is 0 Å². The van der Waals surface area contributed by atoms with Crippen molar-refractivity contribution >= 4 is 0 Å². The van der Waals surface area contributed by atoms with E-state index in [9.17, 15) is 0 Å². The Labute approximate surface area is 176 Å². The number of nitrogens with zero attached hydrogens (tertiary/aromatic N) is 1. The largest absolute Gasteiger partial charge is 0.294 e. The molecule has 4 saturated carbocycles. The molecule has 28 heavy (non-hydrogen) atoms. The molecule has 0 spiro atoms. The summed E-state index contributed by atoms with van der Waals surface area (Å²) >= 11 is 0. The Balaban J connectivity index is 1.36. The molecule has 4 rings (SSSR count). The van der Waals surface area contributed by atoms with Gasteiger partial charge in [-0.15, -0.1) is 0 Å². The maximum absolute atomic E-state index is 3.16. The molecule has 4 fully saturated rings. The summed E-state index contributed by atoms with van der Waals surface area (Å²) in [5.74, 6) is 5.12. The van der Waals surface area contributed by atoms with Gasteiger partial charge >= 0.3 is 0 Å². The van der Waals surface area contributed by atoms with Crippen LogP contribution in [0.5, 0.6) is 0 Å². The first-order valence-electron chi connectivity index (χ1n) is 13.4. The molecule has 0 unspecified atom stereocenters. The summed E-state index contributed by atoms with van der Waals surface area (Å²) in [4.78, 5) is 3.16. The van der Waals surface area contributed by atoms with Gasteiger partial charge in [-0.05, 0) is 119 Å². The fourth-order valence-corrected chi connectivity index (χ4v) is 7.60. The monoisotopic (exact) mass is 387 g/mol. The number of rotatable bonds is 4. The smallest absolute Gasteiger partial charge is 0.0101 e. The lowest BCUT2D eigenvalue weighted by Crippen LogP contribution is -2.52. The molecule has 0 aromatic carbocycles. The molecular weight excluding hydrogens is 338 g/mol. The van der Waals surface area contributed by atoms with E-state index < -0.39 is 0 Å². The van der Waals surface area contributed by atoms with Crippen molar-refractivity contribution in [1.82, 2.24) is 4.90 Å². The average molecular weight is 388 g/mol. The van der Waals surface area contributed by atoms with E-state index >= 15 is 0 Å². The third-order valence-corrected chi connectivity index (χ3v) is 9.70. The number of hydrogen-bond donors (Lipinski definition) is 0. The second-order valence-corrected chi connectivity index (χ2v) is 11.9. The van der Waals surface area contributed by atoms with Gasteiger partial charge in [0.05, 0.1) is 0 Å². The third-order valence-electron chi connectivity index (χ3n) is 9.70. The molecule has 0 heterocycles. The second-order valence-electron chi connectivity index (χ2n) is 11.9. The van der Waals surface area contributed by atoms with Crippen molar-refractivity contribution in [3.05, 3.63) is 0 Å². The highest BCUT2D eigenvalue weighted by Crippen LogP contribution is 2.43. The van der Waals surface area contributed by atoms with Crippen molar-refractivity contribution in [1.29, 1.82) is 0 Å². The highest BCUT2D eigenvalue weighted by Gasteiger charge is 2.38. The van der Waals surface area contributed by atoms with Crippen molar-refractivity contribution in [2.75, 3.05) is 0 Å². The molecule has 0 aromatic rings. The third kappa shape index (κ3) is 5.16. The van der Waals surface area contributed by atoms with Crippen molar-refractivity contribution in [3.8, 4) is 0 Å². The molecule has 0 aromatic heterocycles. The predicted octanol–water partition coefficient (Wildman–Crippen LogP) is 7.83. The van der Waals surface area contributed by atoms with Crippen LogP contribution in [0.2, 0.25) is 0 Å². The Bertz CT molecular complexity index is 419. The van der Waals surface area contributed by atoms with Crippen LogP contribution in [0.25, 0.3) is 0 Å². The summed E-state index contributed by atoms with van der Waals surface area (Å²) in [5, 5.41) is 0. The van der Waals surface area contributed by atoms with Crippen LogP contribution in [0.3, 0.4) is 0 Å². The minimum Gasteiger partial charge on any atom is -0.294 e. The Morgan fingerprint density at radius 1 is 0.357 bits per heavy atom. The van der Waals surface area contributed by atoms with Crippen LogP contribution in [0, 0.1) is 29.6 Å². The first-order valence-corrected chi connectivity index (χ1v) is 13.4. The van der Waals surface area contributed by atoms with Crippen molar-refractivity contribution in [2.24, 2.45) is 29.6 Å². The van der Waals surface area contributed by atoms with Gasteiger partial charge in [0, 0.05) is 18.1 Å². The minimum atomic E-state index is 0.923. The Kier molecular flexibility index (Phi) is 7.45. The Morgan fingerprint density at radius 2 is 0.607 bits per heavy atom. The molecule has 0 aliphatic heterocycles. The summed E-state index contributed by atoms with van der Waals surface area (Å²) in [6, 6.07) is 2.77. The zero-order valence-electron chi connectivity index (χ0n) is 19.4. The predicted molar refractivity (Wildman–Crippen MR) is 122 cm³/mol. The van der Waals surface area contributed by atoms with Gasteiger partial charge in [-0.25, -0.2) is 0 Å². The van der Waals surface area contributed by atoms with E-state index in [0.717, 1.165) is 47.7 Å². The van der Waals surface area contributed by atoms with Crippen LogP contribution in [-0.2, 0) is 0 Å².